The summed E-state index contributed by atoms with van der Waals surface area (Å²) in [4.78, 5) is 36.3. The van der Waals surface area contributed by atoms with E-state index in [1.807, 2.05) is 0 Å². The number of halogens is 2. The fourth-order valence-electron chi connectivity index (χ4n) is 2.35. The molecule has 3 aromatic rings. The van der Waals surface area contributed by atoms with Crippen LogP contribution in [0.1, 0.15) is 20.9 Å². The predicted octanol–water partition coefficient (Wildman–Crippen LogP) is 3.61. The summed E-state index contributed by atoms with van der Waals surface area (Å²) in [5, 5.41) is 4.62. The number of anilines is 2. The van der Waals surface area contributed by atoms with Gasteiger partial charge in [0.05, 0.1) is 23.2 Å². The molecule has 0 aliphatic carbocycles. The number of benzene rings is 2. The van der Waals surface area contributed by atoms with Crippen molar-refractivity contribution in [3.63, 3.8) is 0 Å². The highest BCUT2D eigenvalue weighted by Crippen LogP contribution is 2.18. The first-order valence-corrected chi connectivity index (χ1v) is 8.30. The van der Waals surface area contributed by atoms with Gasteiger partial charge in [0.25, 0.3) is 11.8 Å². The molecule has 0 fully saturated rings. The van der Waals surface area contributed by atoms with E-state index in [1.54, 1.807) is 12.1 Å². The number of hydrogen-bond acceptors (Lipinski definition) is 5. The Morgan fingerprint density at radius 3 is 2.48 bits per heavy atom. The molecule has 2 N–H and O–H groups in total. The number of carbonyl (C=O) groups is 3. The third kappa shape index (κ3) is 5.04. The Morgan fingerprint density at radius 2 is 1.72 bits per heavy atom. The number of carbonyl (C=O) groups excluding carboxylic acids is 3. The first-order chi connectivity index (χ1) is 13.9. The van der Waals surface area contributed by atoms with Gasteiger partial charge in [0.1, 0.15) is 11.6 Å². The summed E-state index contributed by atoms with van der Waals surface area (Å²) in [6.45, 7) is -0.741. The van der Waals surface area contributed by atoms with Crippen LogP contribution in [0.4, 0.5) is 20.2 Å². The standard InChI is InChI=1S/C20H14F2N2O5/c21-12-7-8-14(22)16(10-12)23-18(25)11-29-20(27)13-4-1-2-5-15(13)24-19(26)17-6-3-9-28-17/h1-10H,11H2,(H,23,25)(H,24,26). The van der Waals surface area contributed by atoms with Crippen molar-refractivity contribution in [1.29, 1.82) is 0 Å². The molecule has 0 aliphatic rings. The van der Waals surface area contributed by atoms with Crippen LogP contribution in [0.2, 0.25) is 0 Å². The van der Waals surface area contributed by atoms with E-state index in [9.17, 15) is 23.2 Å². The van der Waals surface area contributed by atoms with Crippen molar-refractivity contribution in [3.8, 4) is 0 Å². The highest BCUT2D eigenvalue weighted by atomic mass is 19.1. The minimum absolute atomic E-state index is 0.00265. The topological polar surface area (TPSA) is 97.6 Å². The number of esters is 1. The fraction of sp³-hybridized carbons (Fsp3) is 0.0500. The van der Waals surface area contributed by atoms with Crippen LogP contribution in [0.15, 0.2) is 65.3 Å². The molecule has 1 heterocycles. The molecular formula is C20H14F2N2O5. The van der Waals surface area contributed by atoms with Crippen molar-refractivity contribution in [3.05, 3.63) is 83.8 Å². The number of rotatable bonds is 6. The summed E-state index contributed by atoms with van der Waals surface area (Å²) >= 11 is 0. The van der Waals surface area contributed by atoms with Crippen LogP contribution in [0.5, 0.6) is 0 Å². The van der Waals surface area contributed by atoms with Gasteiger partial charge in [-0.05, 0) is 36.4 Å². The van der Waals surface area contributed by atoms with Gasteiger partial charge in [-0.2, -0.15) is 0 Å². The number of nitrogens with one attached hydrogen (secondary N) is 2. The van der Waals surface area contributed by atoms with Crippen molar-refractivity contribution in [2.45, 2.75) is 0 Å². The highest BCUT2D eigenvalue weighted by molar-refractivity contribution is 6.07. The van der Waals surface area contributed by atoms with E-state index in [4.69, 9.17) is 9.15 Å². The van der Waals surface area contributed by atoms with Crippen molar-refractivity contribution in [2.24, 2.45) is 0 Å². The molecular weight excluding hydrogens is 386 g/mol. The number of amides is 2. The van der Waals surface area contributed by atoms with Gasteiger partial charge in [0.2, 0.25) is 0 Å². The molecule has 0 spiro atoms. The second-order valence-electron chi connectivity index (χ2n) is 5.73. The van der Waals surface area contributed by atoms with E-state index in [0.717, 1.165) is 18.2 Å². The molecule has 1 aromatic heterocycles. The zero-order valence-corrected chi connectivity index (χ0v) is 14.8. The Labute approximate surface area is 163 Å². The molecule has 0 atom stereocenters. The molecule has 0 unspecified atom stereocenters. The SMILES string of the molecule is O=C(COC(=O)c1ccccc1NC(=O)c1ccco1)Nc1cc(F)ccc1F. The van der Waals surface area contributed by atoms with Crippen molar-refractivity contribution < 1.29 is 32.3 Å². The first kappa shape index (κ1) is 19.7. The summed E-state index contributed by atoms with van der Waals surface area (Å²) in [6, 6.07) is 11.5. The van der Waals surface area contributed by atoms with Crippen molar-refractivity contribution >= 4 is 29.2 Å². The van der Waals surface area contributed by atoms with Crippen LogP contribution in [-0.4, -0.2) is 24.4 Å². The zero-order valence-electron chi connectivity index (χ0n) is 14.8. The minimum Gasteiger partial charge on any atom is -0.459 e. The fourth-order valence-corrected chi connectivity index (χ4v) is 2.35. The first-order valence-electron chi connectivity index (χ1n) is 8.30. The van der Waals surface area contributed by atoms with Crippen LogP contribution in [0, 0.1) is 11.6 Å². The van der Waals surface area contributed by atoms with E-state index >= 15 is 0 Å². The Morgan fingerprint density at radius 1 is 0.931 bits per heavy atom. The van der Waals surface area contributed by atoms with E-state index in [-0.39, 0.29) is 22.7 Å². The minimum atomic E-state index is -0.893. The van der Waals surface area contributed by atoms with E-state index < -0.39 is 36.0 Å². The summed E-state index contributed by atoms with van der Waals surface area (Å²) < 4.78 is 36.6. The molecule has 0 saturated carbocycles. The van der Waals surface area contributed by atoms with Crippen molar-refractivity contribution in [1.82, 2.24) is 0 Å². The normalized spacial score (nSPS) is 10.3. The molecule has 0 aliphatic heterocycles. The lowest BCUT2D eigenvalue weighted by Crippen LogP contribution is -2.22. The van der Waals surface area contributed by atoms with Gasteiger partial charge in [-0.25, -0.2) is 13.6 Å². The average molecular weight is 400 g/mol. The summed E-state index contributed by atoms with van der Waals surface area (Å²) in [5.74, 6) is -3.86. The maximum atomic E-state index is 13.5. The second kappa shape index (κ2) is 8.79. The molecule has 2 aromatic carbocycles. The molecule has 9 heteroatoms. The van der Waals surface area contributed by atoms with Crippen LogP contribution >= 0.6 is 0 Å². The van der Waals surface area contributed by atoms with E-state index in [0.29, 0.717) is 0 Å². The average Bonchev–Trinajstić information content (AvgIpc) is 3.24. The van der Waals surface area contributed by atoms with Crippen LogP contribution in [0.25, 0.3) is 0 Å². The molecule has 148 valence electrons. The number of ether oxygens (including phenoxy) is 1. The monoisotopic (exact) mass is 400 g/mol. The predicted molar refractivity (Wildman–Crippen MR) is 98.4 cm³/mol. The summed E-state index contributed by atoms with van der Waals surface area (Å²) in [6.07, 6.45) is 1.33. The van der Waals surface area contributed by atoms with Gasteiger partial charge in [-0.15, -0.1) is 0 Å². The van der Waals surface area contributed by atoms with Crippen LogP contribution < -0.4 is 10.6 Å². The quantitative estimate of drug-likeness (QED) is 0.616. The lowest BCUT2D eigenvalue weighted by molar-refractivity contribution is -0.119. The summed E-state index contributed by atoms with van der Waals surface area (Å²) in [5.41, 5.74) is -0.232. The van der Waals surface area contributed by atoms with E-state index in [2.05, 4.69) is 10.6 Å². The zero-order chi connectivity index (χ0) is 20.8. The largest absolute Gasteiger partial charge is 0.459 e. The van der Waals surface area contributed by atoms with Crippen molar-refractivity contribution in [2.75, 3.05) is 17.2 Å². The van der Waals surface area contributed by atoms with Gasteiger partial charge in [-0.3, -0.25) is 9.59 Å². The Kier molecular flexibility index (Phi) is 5.98. The van der Waals surface area contributed by atoms with Crippen LogP contribution in [-0.2, 0) is 9.53 Å². The Bertz CT molecular complexity index is 1050. The third-order valence-corrected chi connectivity index (χ3v) is 3.68. The van der Waals surface area contributed by atoms with Gasteiger partial charge in [0, 0.05) is 6.07 Å². The number of furan rings is 1. The van der Waals surface area contributed by atoms with Gasteiger partial charge >= 0.3 is 5.97 Å². The maximum Gasteiger partial charge on any atom is 0.340 e. The summed E-state index contributed by atoms with van der Waals surface area (Å²) in [7, 11) is 0. The smallest absolute Gasteiger partial charge is 0.340 e. The third-order valence-electron chi connectivity index (χ3n) is 3.68. The number of para-hydroxylation sites is 1. The van der Waals surface area contributed by atoms with Gasteiger partial charge in [-0.1, -0.05) is 12.1 Å². The molecule has 3 rings (SSSR count). The van der Waals surface area contributed by atoms with Gasteiger partial charge in [0.15, 0.2) is 12.4 Å². The lowest BCUT2D eigenvalue weighted by atomic mass is 10.1. The molecule has 0 bridgehead atoms. The number of hydrogen-bond donors (Lipinski definition) is 2. The maximum absolute atomic E-state index is 13.5. The lowest BCUT2D eigenvalue weighted by Gasteiger charge is -2.11. The highest BCUT2D eigenvalue weighted by Gasteiger charge is 2.18. The van der Waals surface area contributed by atoms with Gasteiger partial charge < -0.3 is 19.8 Å². The Hall–Kier alpha value is -4.01. The molecule has 29 heavy (non-hydrogen) atoms. The van der Waals surface area contributed by atoms with Crippen LogP contribution in [0.3, 0.4) is 0 Å². The Balaban J connectivity index is 1.63. The molecule has 7 nitrogen and oxygen atoms in total. The van der Waals surface area contributed by atoms with E-state index in [1.165, 1.54) is 30.5 Å². The second-order valence-corrected chi connectivity index (χ2v) is 5.73. The molecule has 2 amide bonds. The molecule has 0 radical (unpaired) electrons. The molecule has 0 saturated heterocycles.